The van der Waals surface area contributed by atoms with E-state index in [-0.39, 0.29) is 12.3 Å². The van der Waals surface area contributed by atoms with Crippen LogP contribution in [0.15, 0.2) is 36.4 Å². The molecule has 0 aliphatic rings. The molecule has 2 amide bonds. The average Bonchev–Trinajstić information content (AvgIpc) is 2.65. The minimum atomic E-state index is -0.543. The van der Waals surface area contributed by atoms with Crippen LogP contribution in [0.3, 0.4) is 0 Å². The molecule has 138 valence electrons. The Labute approximate surface area is 152 Å². The predicted molar refractivity (Wildman–Crippen MR) is 98.0 cm³/mol. The smallest absolute Gasteiger partial charge is 0.248 e. The van der Waals surface area contributed by atoms with E-state index in [2.05, 4.69) is 5.32 Å². The second-order valence-electron chi connectivity index (χ2n) is 5.53. The highest BCUT2D eigenvalue weighted by Gasteiger charge is 2.14. The number of nitrogens with one attached hydrogen (secondary N) is 1. The molecule has 26 heavy (non-hydrogen) atoms. The molecule has 0 bridgehead atoms. The largest absolute Gasteiger partial charge is 0.493 e. The lowest BCUT2D eigenvalue weighted by molar-refractivity contribution is -0.116. The number of primary amides is 1. The molecule has 0 aliphatic carbocycles. The minimum absolute atomic E-state index is 0.180. The van der Waals surface area contributed by atoms with Crippen molar-refractivity contribution in [3.8, 4) is 17.2 Å². The van der Waals surface area contributed by atoms with Crippen LogP contribution in [-0.2, 0) is 11.2 Å². The Hall–Kier alpha value is -3.22. The van der Waals surface area contributed by atoms with Crippen molar-refractivity contribution < 1.29 is 23.8 Å². The summed E-state index contributed by atoms with van der Waals surface area (Å²) < 4.78 is 15.9. The average molecular weight is 358 g/mol. The van der Waals surface area contributed by atoms with Crippen molar-refractivity contribution in [2.75, 3.05) is 26.6 Å². The summed E-state index contributed by atoms with van der Waals surface area (Å²) in [4.78, 5) is 23.4. The summed E-state index contributed by atoms with van der Waals surface area (Å²) in [6.07, 6.45) is 0.734. The van der Waals surface area contributed by atoms with Gasteiger partial charge in [-0.2, -0.15) is 0 Å². The maximum Gasteiger partial charge on any atom is 0.248 e. The molecule has 0 saturated carbocycles. The van der Waals surface area contributed by atoms with Crippen LogP contribution in [0.2, 0.25) is 0 Å². The number of methoxy groups -OCH3 is 3. The van der Waals surface area contributed by atoms with Gasteiger partial charge in [-0.3, -0.25) is 9.59 Å². The van der Waals surface area contributed by atoms with Gasteiger partial charge in [0, 0.05) is 17.7 Å². The lowest BCUT2D eigenvalue weighted by Gasteiger charge is -2.14. The van der Waals surface area contributed by atoms with E-state index in [9.17, 15) is 9.59 Å². The number of rotatable bonds is 8. The molecule has 0 unspecified atom stereocenters. The first-order valence-electron chi connectivity index (χ1n) is 7.97. The molecule has 7 heteroatoms. The van der Waals surface area contributed by atoms with Gasteiger partial charge >= 0.3 is 0 Å². The Morgan fingerprint density at radius 1 is 1.00 bits per heavy atom. The summed E-state index contributed by atoms with van der Waals surface area (Å²) in [5, 5.41) is 2.75. The van der Waals surface area contributed by atoms with Crippen LogP contribution in [0.1, 0.15) is 22.3 Å². The summed E-state index contributed by atoms with van der Waals surface area (Å²) in [6, 6.07) is 10.1. The van der Waals surface area contributed by atoms with E-state index >= 15 is 0 Å². The topological polar surface area (TPSA) is 99.9 Å². The maximum absolute atomic E-state index is 12.2. The number of nitrogens with two attached hydrogens (primary N) is 1. The van der Waals surface area contributed by atoms with Crippen molar-refractivity contribution in [3.05, 3.63) is 47.5 Å². The van der Waals surface area contributed by atoms with E-state index < -0.39 is 5.91 Å². The molecule has 7 nitrogen and oxygen atoms in total. The highest BCUT2D eigenvalue weighted by Crippen LogP contribution is 2.38. The number of ether oxygens (including phenoxy) is 3. The van der Waals surface area contributed by atoms with E-state index in [1.165, 1.54) is 7.11 Å². The van der Waals surface area contributed by atoms with Crippen LogP contribution in [0, 0.1) is 0 Å². The molecule has 2 aromatic rings. The third-order valence-electron chi connectivity index (χ3n) is 3.80. The first kappa shape index (κ1) is 19.1. The van der Waals surface area contributed by atoms with E-state index in [0.717, 1.165) is 5.56 Å². The number of amides is 2. The van der Waals surface area contributed by atoms with Gasteiger partial charge in [0.2, 0.25) is 17.6 Å². The van der Waals surface area contributed by atoms with Crippen LogP contribution in [-0.4, -0.2) is 33.1 Å². The number of hydrogen-bond donors (Lipinski definition) is 2. The quantitative estimate of drug-likeness (QED) is 0.755. The number of aryl methyl sites for hydroxylation is 1. The fraction of sp³-hybridized carbons (Fsp3) is 0.263. The molecule has 0 atom stereocenters. The fourth-order valence-corrected chi connectivity index (χ4v) is 2.51. The monoisotopic (exact) mass is 358 g/mol. The van der Waals surface area contributed by atoms with Crippen molar-refractivity contribution in [1.82, 2.24) is 0 Å². The molecule has 0 spiro atoms. The Bertz CT molecular complexity index is 779. The first-order chi connectivity index (χ1) is 12.5. The summed E-state index contributed by atoms with van der Waals surface area (Å²) >= 11 is 0. The minimum Gasteiger partial charge on any atom is -0.493 e. The summed E-state index contributed by atoms with van der Waals surface area (Å²) in [6.45, 7) is 0. The van der Waals surface area contributed by atoms with Gasteiger partial charge in [-0.25, -0.2) is 0 Å². The van der Waals surface area contributed by atoms with Crippen molar-refractivity contribution >= 4 is 17.5 Å². The van der Waals surface area contributed by atoms with E-state index in [0.29, 0.717) is 34.9 Å². The van der Waals surface area contributed by atoms with Crippen LogP contribution in [0.25, 0.3) is 0 Å². The van der Waals surface area contributed by atoms with E-state index in [1.54, 1.807) is 38.5 Å². The number of benzene rings is 2. The Kier molecular flexibility index (Phi) is 6.43. The van der Waals surface area contributed by atoms with E-state index in [4.69, 9.17) is 19.9 Å². The van der Waals surface area contributed by atoms with Crippen molar-refractivity contribution in [1.29, 1.82) is 0 Å². The number of carbonyl (C=O) groups is 2. The van der Waals surface area contributed by atoms with Gasteiger partial charge in [-0.15, -0.1) is 0 Å². The zero-order valence-electron chi connectivity index (χ0n) is 15.0. The highest BCUT2D eigenvalue weighted by atomic mass is 16.5. The van der Waals surface area contributed by atoms with Gasteiger partial charge in [-0.1, -0.05) is 6.07 Å². The van der Waals surface area contributed by atoms with Crippen molar-refractivity contribution in [2.24, 2.45) is 5.73 Å². The zero-order valence-corrected chi connectivity index (χ0v) is 15.0. The maximum atomic E-state index is 12.2. The molecular formula is C19H22N2O5. The fourth-order valence-electron chi connectivity index (χ4n) is 2.51. The summed E-state index contributed by atoms with van der Waals surface area (Å²) in [7, 11) is 4.62. The van der Waals surface area contributed by atoms with Crippen molar-refractivity contribution in [3.63, 3.8) is 0 Å². The standard InChI is InChI=1S/C19H22N2O5/c1-24-15-9-12(10-16(25-2)18(15)26-3)7-8-17(22)21-14-6-4-5-13(11-14)19(20)23/h4-6,9-11H,7-8H2,1-3H3,(H2,20,23)(H,21,22). The zero-order chi connectivity index (χ0) is 19.1. The molecule has 0 saturated heterocycles. The summed E-state index contributed by atoms with van der Waals surface area (Å²) in [5.74, 6) is 0.859. The number of anilines is 1. The molecule has 0 aliphatic heterocycles. The second kappa shape index (κ2) is 8.75. The third-order valence-corrected chi connectivity index (χ3v) is 3.80. The van der Waals surface area contributed by atoms with Gasteiger partial charge in [0.25, 0.3) is 0 Å². The SMILES string of the molecule is COc1cc(CCC(=O)Nc2cccc(C(N)=O)c2)cc(OC)c1OC. The molecule has 3 N–H and O–H groups in total. The lowest BCUT2D eigenvalue weighted by Crippen LogP contribution is -2.14. The van der Waals surface area contributed by atoms with Crippen LogP contribution >= 0.6 is 0 Å². The number of carbonyl (C=O) groups excluding carboxylic acids is 2. The summed E-state index contributed by atoms with van der Waals surface area (Å²) in [5.41, 5.74) is 6.98. The van der Waals surface area contributed by atoms with Gasteiger partial charge in [0.1, 0.15) is 0 Å². The molecule has 0 heterocycles. The van der Waals surface area contributed by atoms with Crippen LogP contribution in [0.4, 0.5) is 5.69 Å². The van der Waals surface area contributed by atoms with E-state index in [1.807, 2.05) is 12.1 Å². The molecule has 0 fully saturated rings. The second-order valence-corrected chi connectivity index (χ2v) is 5.53. The van der Waals surface area contributed by atoms with Gasteiger partial charge < -0.3 is 25.3 Å². The first-order valence-corrected chi connectivity index (χ1v) is 7.97. The predicted octanol–water partition coefficient (Wildman–Crippen LogP) is 2.38. The lowest BCUT2D eigenvalue weighted by atomic mass is 10.1. The van der Waals surface area contributed by atoms with Gasteiger partial charge in [0.15, 0.2) is 11.5 Å². The molecule has 0 aromatic heterocycles. The molecule has 0 radical (unpaired) electrons. The Morgan fingerprint density at radius 3 is 2.19 bits per heavy atom. The normalized spacial score (nSPS) is 10.1. The van der Waals surface area contributed by atoms with Crippen LogP contribution < -0.4 is 25.3 Å². The Balaban J connectivity index is 2.05. The highest BCUT2D eigenvalue weighted by molar-refractivity contribution is 5.96. The molecular weight excluding hydrogens is 336 g/mol. The molecule has 2 rings (SSSR count). The van der Waals surface area contributed by atoms with Gasteiger partial charge in [-0.05, 0) is 42.3 Å². The van der Waals surface area contributed by atoms with Crippen LogP contribution in [0.5, 0.6) is 17.2 Å². The number of hydrogen-bond acceptors (Lipinski definition) is 5. The van der Waals surface area contributed by atoms with Crippen molar-refractivity contribution in [2.45, 2.75) is 12.8 Å². The Morgan fingerprint density at radius 2 is 1.65 bits per heavy atom. The third kappa shape index (κ3) is 4.66. The molecule has 2 aromatic carbocycles. The van der Waals surface area contributed by atoms with Gasteiger partial charge in [0.05, 0.1) is 21.3 Å².